The van der Waals surface area contributed by atoms with E-state index in [1.165, 1.54) is 17.5 Å². The number of nitrogens with zero attached hydrogens (tertiary/aromatic N) is 4. The van der Waals surface area contributed by atoms with E-state index >= 15 is 0 Å². The van der Waals surface area contributed by atoms with Gasteiger partial charge in [0.05, 0.1) is 22.0 Å². The summed E-state index contributed by atoms with van der Waals surface area (Å²) >= 11 is 6.45. The van der Waals surface area contributed by atoms with E-state index in [1.807, 2.05) is 51.2 Å². The van der Waals surface area contributed by atoms with E-state index in [9.17, 15) is 14.1 Å². The van der Waals surface area contributed by atoms with Crippen LogP contribution in [0.15, 0.2) is 54.9 Å². The van der Waals surface area contributed by atoms with Crippen molar-refractivity contribution in [3.63, 3.8) is 0 Å². The van der Waals surface area contributed by atoms with Crippen LogP contribution in [0.2, 0.25) is 5.02 Å². The normalized spacial score (nSPS) is 34.7. The maximum absolute atomic E-state index is 13.8. The Labute approximate surface area is 282 Å². The zero-order valence-electron chi connectivity index (χ0n) is 27.3. The van der Waals surface area contributed by atoms with E-state index in [4.69, 9.17) is 16.3 Å². The molecule has 4 aliphatic rings. The number of benzene rings is 2. The summed E-state index contributed by atoms with van der Waals surface area (Å²) in [6.45, 7) is 5.69. The number of hydrogen-bond acceptors (Lipinski definition) is 7. The van der Waals surface area contributed by atoms with Gasteiger partial charge in [-0.05, 0) is 111 Å². The first-order valence-corrected chi connectivity index (χ1v) is 18.8. The molecule has 250 valence electrons. The highest BCUT2D eigenvalue weighted by Crippen LogP contribution is 2.50. The lowest BCUT2D eigenvalue weighted by Gasteiger charge is -2.48. The first-order valence-electron chi connectivity index (χ1n) is 16.6. The minimum Gasteiger partial charge on any atom is -0.490 e. The van der Waals surface area contributed by atoms with Crippen LogP contribution in [0.1, 0.15) is 73.3 Å². The van der Waals surface area contributed by atoms with E-state index in [-0.39, 0.29) is 23.2 Å². The fourth-order valence-corrected chi connectivity index (χ4v) is 9.94. The highest BCUT2D eigenvalue weighted by atomic mass is 35.5. The van der Waals surface area contributed by atoms with Crippen molar-refractivity contribution in [1.29, 1.82) is 0 Å². The second-order valence-corrected chi connectivity index (χ2v) is 17.1. The molecule has 3 aromatic rings. The summed E-state index contributed by atoms with van der Waals surface area (Å²) in [5.41, 5.74) is 2.12. The highest BCUT2D eigenvalue weighted by Gasteiger charge is 2.50. The number of aryl methyl sites for hydroxylation is 2. The summed E-state index contributed by atoms with van der Waals surface area (Å²) in [6, 6.07) is 11.7. The van der Waals surface area contributed by atoms with Crippen molar-refractivity contribution in [1.82, 2.24) is 19.5 Å². The number of fused-ring (bicyclic) bond motifs is 4. The second-order valence-electron chi connectivity index (χ2n) is 14.2. The largest absolute Gasteiger partial charge is 0.490 e. The Morgan fingerprint density at radius 3 is 2.77 bits per heavy atom. The van der Waals surface area contributed by atoms with Gasteiger partial charge in [-0.25, -0.2) is 9.19 Å². The fourth-order valence-electron chi connectivity index (χ4n) is 8.27. The van der Waals surface area contributed by atoms with Gasteiger partial charge in [0.15, 0.2) is 5.82 Å². The van der Waals surface area contributed by atoms with Gasteiger partial charge in [-0.15, -0.1) is 0 Å². The van der Waals surface area contributed by atoms with E-state index in [1.54, 1.807) is 10.7 Å². The first-order chi connectivity index (χ1) is 22.4. The summed E-state index contributed by atoms with van der Waals surface area (Å²) in [5.74, 6) is 4.74. The molecular weight excluding hydrogens is 634 g/mol. The number of hydrogen-bond donors (Lipinski definition) is 2. The summed E-state index contributed by atoms with van der Waals surface area (Å²) < 4.78 is 24.9. The van der Waals surface area contributed by atoms with Gasteiger partial charge in [-0.1, -0.05) is 30.7 Å². The average Bonchev–Trinajstić information content (AvgIpc) is 3.40. The Morgan fingerprint density at radius 1 is 1.19 bits per heavy atom. The molecule has 1 saturated carbocycles. The van der Waals surface area contributed by atoms with Gasteiger partial charge >= 0.3 is 0 Å². The second kappa shape index (κ2) is 12.0. The van der Waals surface area contributed by atoms with Crippen molar-refractivity contribution in [3.8, 4) is 5.75 Å². The lowest BCUT2D eigenvalue weighted by atomic mass is 9.63. The molecule has 1 aromatic heterocycles. The van der Waals surface area contributed by atoms with Crippen LogP contribution in [0.25, 0.3) is 0 Å². The third kappa shape index (κ3) is 5.66. The predicted octanol–water partition coefficient (Wildman–Crippen LogP) is 5.20. The molecule has 1 amide bonds. The minimum absolute atomic E-state index is 0.0780. The molecule has 1 fully saturated rings. The molecule has 0 saturated heterocycles. The van der Waals surface area contributed by atoms with Gasteiger partial charge in [0.25, 0.3) is 5.91 Å². The number of amides is 1. The Hall–Kier alpha value is -3.34. The van der Waals surface area contributed by atoms with Gasteiger partial charge in [-0.2, -0.15) is 5.10 Å². The molecule has 1 unspecified atom stereocenters. The minimum atomic E-state index is -3.00. The van der Waals surface area contributed by atoms with Gasteiger partial charge in [0.1, 0.15) is 17.7 Å². The fraction of sp³-hybridized carbons (Fsp3) is 0.500. The van der Waals surface area contributed by atoms with E-state index in [0.717, 1.165) is 42.8 Å². The Balaban J connectivity index is 1.35. The molecule has 47 heavy (non-hydrogen) atoms. The molecule has 7 atom stereocenters. The van der Waals surface area contributed by atoms with Gasteiger partial charge in [0.2, 0.25) is 0 Å². The van der Waals surface area contributed by atoms with Crippen molar-refractivity contribution in [2.24, 2.45) is 24.8 Å². The number of ether oxygens (including phenoxy) is 1. The highest BCUT2D eigenvalue weighted by molar-refractivity contribution is 7.99. The number of halogens is 1. The average molecular weight is 678 g/mol. The van der Waals surface area contributed by atoms with Crippen molar-refractivity contribution < 1.29 is 18.8 Å². The van der Waals surface area contributed by atoms with Gasteiger partial charge < -0.3 is 14.7 Å². The predicted molar refractivity (Wildman–Crippen MR) is 186 cm³/mol. The molecule has 9 nitrogen and oxygen atoms in total. The van der Waals surface area contributed by atoms with Crippen LogP contribution < -0.4 is 14.4 Å². The summed E-state index contributed by atoms with van der Waals surface area (Å²) in [5, 5.41) is 17.2. The van der Waals surface area contributed by atoms with Crippen LogP contribution in [-0.2, 0) is 34.2 Å². The molecule has 7 rings (SSSR count). The molecule has 3 heterocycles. The third-order valence-electron chi connectivity index (χ3n) is 11.4. The zero-order chi connectivity index (χ0) is 33.1. The number of nitrogens with one attached hydrogen (secondary N) is 1. The number of rotatable bonds is 1. The molecule has 0 radical (unpaired) electrons. The Kier molecular flexibility index (Phi) is 8.20. The van der Waals surface area contributed by atoms with Crippen molar-refractivity contribution in [2.45, 2.75) is 68.6 Å². The molecule has 2 bridgehead atoms. The monoisotopic (exact) mass is 677 g/mol. The standard InChI is InChI=1S/C36H44ClN5O4S/c1-23-7-5-16-36(44,34-38-22-39-41(34)3)30-12-9-27(30)19-42-20-35(15-6-8-25-17-28(37)11-13-29(25)35)21-46-32-14-10-26(18-31(32)42)33(43)40-47(4,45)24(23)2/h5,10-11,13-14,16-18,22-24,27,30,44H,4,6-9,12,15,19-21H2,1-3H3,(H,40,43,45)/b16-5+/t23-,24+,27-,30+,35-,36-,47?/m0/s1. The number of allylic oxidation sites excluding steroid dienone is 1. The van der Waals surface area contributed by atoms with E-state index in [2.05, 4.69) is 37.7 Å². The molecule has 1 spiro atoms. The number of carbonyl (C=O) groups is 1. The molecular formula is C36H44ClN5O4S. The number of anilines is 1. The maximum Gasteiger partial charge on any atom is 0.262 e. The number of carbonyl (C=O) groups excluding carboxylic acids is 1. The smallest absolute Gasteiger partial charge is 0.262 e. The van der Waals surface area contributed by atoms with E-state index in [0.29, 0.717) is 43.3 Å². The van der Waals surface area contributed by atoms with Crippen molar-refractivity contribution >= 4 is 38.8 Å². The molecule has 11 heteroatoms. The van der Waals surface area contributed by atoms with Crippen LogP contribution in [-0.4, -0.2) is 60.8 Å². The SMILES string of the molecule is C=S1(=O)NC(=O)c2ccc3c(c2)N(C[C@@H]2CC[C@H]2[C@](O)(c2ncnn2C)/C=C/C[C@H](C)[C@H]1C)C[C@@]1(CCCc2cc(Cl)ccc21)CO3. The van der Waals surface area contributed by atoms with Crippen LogP contribution in [0.5, 0.6) is 5.75 Å². The Bertz CT molecular complexity index is 1840. The molecule has 2 aliphatic heterocycles. The first kappa shape index (κ1) is 32.2. The van der Waals surface area contributed by atoms with Crippen LogP contribution >= 0.6 is 11.6 Å². The van der Waals surface area contributed by atoms with Crippen LogP contribution in [0.4, 0.5) is 5.69 Å². The molecule has 2 N–H and O–H groups in total. The van der Waals surface area contributed by atoms with Crippen molar-refractivity contribution in [2.75, 3.05) is 24.6 Å². The maximum atomic E-state index is 13.8. The lowest BCUT2D eigenvalue weighted by Crippen LogP contribution is -2.52. The summed E-state index contributed by atoms with van der Waals surface area (Å²) in [4.78, 5) is 20.5. The van der Waals surface area contributed by atoms with Gasteiger partial charge in [-0.3, -0.25) is 14.2 Å². The quantitative estimate of drug-likeness (QED) is 0.269. The van der Waals surface area contributed by atoms with Gasteiger partial charge in [0, 0.05) is 47.3 Å². The van der Waals surface area contributed by atoms with Crippen molar-refractivity contribution in [3.05, 3.63) is 82.4 Å². The lowest BCUT2D eigenvalue weighted by molar-refractivity contribution is -0.0582. The topological polar surface area (TPSA) is 110 Å². The zero-order valence-corrected chi connectivity index (χ0v) is 28.9. The molecule has 2 aromatic carbocycles. The van der Waals surface area contributed by atoms with Crippen LogP contribution in [0.3, 0.4) is 0 Å². The third-order valence-corrected chi connectivity index (χ3v) is 13.8. The Morgan fingerprint density at radius 2 is 2.02 bits per heavy atom. The molecule has 2 aliphatic carbocycles. The van der Waals surface area contributed by atoms with E-state index < -0.39 is 26.5 Å². The summed E-state index contributed by atoms with van der Waals surface area (Å²) in [6.07, 6.45) is 10.6. The number of aliphatic hydroxyl groups is 1. The summed E-state index contributed by atoms with van der Waals surface area (Å²) in [7, 11) is -1.19. The van der Waals surface area contributed by atoms with Crippen LogP contribution in [0, 0.1) is 17.8 Å². The number of aromatic nitrogens is 3.